The van der Waals surface area contributed by atoms with Crippen LogP contribution < -0.4 is 15.5 Å². The first-order valence-corrected chi connectivity index (χ1v) is 9.68. The molecular weight excluding hydrogens is 349 g/mol. The predicted molar refractivity (Wildman–Crippen MR) is 107 cm³/mol. The Bertz CT molecular complexity index is 582. The number of carbonyl (C=O) groups is 1. The molecule has 154 valence electrons. The van der Waals surface area contributed by atoms with Crippen LogP contribution in [0.2, 0.25) is 0 Å². The zero-order chi connectivity index (χ0) is 20.4. The minimum Gasteiger partial charge on any atom is -0.508 e. The lowest BCUT2D eigenvalue weighted by molar-refractivity contribution is 0.0528. The summed E-state index contributed by atoms with van der Waals surface area (Å²) in [6.45, 7) is 12.2. The fraction of sp³-hybridized carbons (Fsp3) is 0.650. The molecule has 27 heavy (non-hydrogen) atoms. The molecule has 1 aromatic carbocycles. The van der Waals surface area contributed by atoms with Gasteiger partial charge in [-0.1, -0.05) is 13.8 Å². The molecule has 6 nitrogen and oxygen atoms in total. The van der Waals surface area contributed by atoms with Crippen molar-refractivity contribution in [1.29, 1.82) is 0 Å². The van der Waals surface area contributed by atoms with Gasteiger partial charge in [0.25, 0.3) is 0 Å². The monoisotopic (exact) mass is 383 g/mol. The number of benzene rings is 1. The van der Waals surface area contributed by atoms with Gasteiger partial charge in [-0.25, -0.2) is 9.18 Å². The molecular formula is C20H34FN3O3. The van der Waals surface area contributed by atoms with Crippen LogP contribution in [-0.4, -0.2) is 49.0 Å². The van der Waals surface area contributed by atoms with E-state index in [-0.39, 0.29) is 5.75 Å². The van der Waals surface area contributed by atoms with E-state index in [9.17, 15) is 14.3 Å². The quantitative estimate of drug-likeness (QED) is 0.677. The number of aromatic hydroxyl groups is 1. The van der Waals surface area contributed by atoms with Crippen LogP contribution in [0.5, 0.6) is 5.75 Å². The van der Waals surface area contributed by atoms with Crippen molar-refractivity contribution in [2.45, 2.75) is 59.1 Å². The van der Waals surface area contributed by atoms with Crippen LogP contribution in [-0.2, 0) is 4.74 Å². The van der Waals surface area contributed by atoms with E-state index in [1.807, 2.05) is 39.5 Å². The van der Waals surface area contributed by atoms with E-state index < -0.39 is 17.5 Å². The molecule has 1 amide bonds. The summed E-state index contributed by atoms with van der Waals surface area (Å²) in [6.07, 6.45) is 1.38. The maximum absolute atomic E-state index is 13.9. The summed E-state index contributed by atoms with van der Waals surface area (Å²) in [5.41, 5.74) is 0.0382. The van der Waals surface area contributed by atoms with Gasteiger partial charge in [0.15, 0.2) is 0 Å². The van der Waals surface area contributed by atoms with Crippen LogP contribution in [0.4, 0.5) is 14.9 Å². The largest absolute Gasteiger partial charge is 0.508 e. The second kappa shape index (κ2) is 11.0. The van der Waals surface area contributed by atoms with Crippen LogP contribution in [0.15, 0.2) is 18.2 Å². The van der Waals surface area contributed by atoms with Gasteiger partial charge in [-0.05, 0) is 45.7 Å². The topological polar surface area (TPSA) is 73.8 Å². The lowest BCUT2D eigenvalue weighted by atomic mass is 10.0. The molecule has 0 aliphatic carbocycles. The number of carbonyl (C=O) groups excluding carboxylic acids is 1. The van der Waals surface area contributed by atoms with E-state index in [0.29, 0.717) is 24.8 Å². The first kappa shape index (κ1) is 23.0. The Morgan fingerprint density at radius 3 is 2.44 bits per heavy atom. The lowest BCUT2D eigenvalue weighted by Crippen LogP contribution is -2.45. The summed E-state index contributed by atoms with van der Waals surface area (Å²) in [5.74, 6) is -0.455. The highest BCUT2D eigenvalue weighted by molar-refractivity contribution is 5.67. The average molecular weight is 384 g/mol. The molecule has 0 bridgehead atoms. The molecule has 1 aromatic rings. The Morgan fingerprint density at radius 1 is 1.26 bits per heavy atom. The number of phenolic OH excluding ortho intramolecular Hbond substituents is 1. The molecule has 0 unspecified atom stereocenters. The van der Waals surface area contributed by atoms with Crippen LogP contribution in [0.25, 0.3) is 0 Å². The molecule has 1 saturated heterocycles. The van der Waals surface area contributed by atoms with E-state index in [1.54, 1.807) is 6.07 Å². The highest BCUT2D eigenvalue weighted by Crippen LogP contribution is 2.26. The maximum atomic E-state index is 13.9. The summed E-state index contributed by atoms with van der Waals surface area (Å²) < 4.78 is 19.1. The van der Waals surface area contributed by atoms with Gasteiger partial charge in [-0.3, -0.25) is 0 Å². The van der Waals surface area contributed by atoms with Gasteiger partial charge in [-0.15, -0.1) is 0 Å². The van der Waals surface area contributed by atoms with Gasteiger partial charge in [0.1, 0.15) is 17.2 Å². The Hall–Kier alpha value is -2.02. The van der Waals surface area contributed by atoms with Crippen molar-refractivity contribution >= 4 is 11.8 Å². The molecule has 1 aliphatic rings. The van der Waals surface area contributed by atoms with Crippen molar-refractivity contribution in [2.75, 3.05) is 31.1 Å². The molecule has 0 aromatic heterocycles. The van der Waals surface area contributed by atoms with Gasteiger partial charge in [0.05, 0.1) is 5.69 Å². The second-order valence-electron chi connectivity index (χ2n) is 7.28. The third-order valence-corrected chi connectivity index (χ3v) is 3.99. The number of phenols is 1. The van der Waals surface area contributed by atoms with Crippen molar-refractivity contribution in [3.05, 3.63) is 24.0 Å². The minimum atomic E-state index is -0.492. The van der Waals surface area contributed by atoms with Gasteiger partial charge >= 0.3 is 6.09 Å². The maximum Gasteiger partial charge on any atom is 0.407 e. The Balaban J connectivity index is 0.00000176. The van der Waals surface area contributed by atoms with Gasteiger partial charge in [-0.2, -0.15) is 0 Å². The van der Waals surface area contributed by atoms with E-state index in [0.717, 1.165) is 32.0 Å². The summed E-state index contributed by atoms with van der Waals surface area (Å²) in [5, 5.41) is 15.4. The number of piperidine rings is 1. The number of rotatable bonds is 5. The summed E-state index contributed by atoms with van der Waals surface area (Å²) in [7, 11) is 0. The van der Waals surface area contributed by atoms with Crippen molar-refractivity contribution in [1.82, 2.24) is 10.6 Å². The standard InChI is InChI=1S/C18H28FN3O3.C2H6/c1-18(2,3)25-17(24)21-9-8-20-13-6-10-22(11-7-13)16-5-4-14(23)12-15(16)19;1-2/h4-5,12-13,20,23H,6-11H2,1-3H3,(H,21,24);1-2H3. The molecule has 0 spiro atoms. The van der Waals surface area contributed by atoms with Crippen molar-refractivity contribution in [3.8, 4) is 5.75 Å². The number of amides is 1. The van der Waals surface area contributed by atoms with Crippen molar-refractivity contribution in [2.24, 2.45) is 0 Å². The SMILES string of the molecule is CC.CC(C)(C)OC(=O)NCCNC1CCN(c2ccc(O)cc2F)CC1. The first-order chi connectivity index (χ1) is 12.7. The number of anilines is 1. The Kier molecular flexibility index (Phi) is 9.35. The molecule has 0 atom stereocenters. The smallest absolute Gasteiger partial charge is 0.407 e. The zero-order valence-electron chi connectivity index (χ0n) is 17.1. The van der Waals surface area contributed by atoms with E-state index in [1.165, 1.54) is 6.07 Å². The Labute approximate surface area is 162 Å². The fourth-order valence-electron chi connectivity index (χ4n) is 2.83. The summed E-state index contributed by atoms with van der Waals surface area (Å²) >= 11 is 0. The third-order valence-electron chi connectivity index (χ3n) is 3.99. The van der Waals surface area contributed by atoms with Gasteiger partial charge in [0, 0.05) is 38.3 Å². The molecule has 0 radical (unpaired) electrons. The number of nitrogens with zero attached hydrogens (tertiary/aromatic N) is 1. The fourth-order valence-corrected chi connectivity index (χ4v) is 2.83. The predicted octanol–water partition coefficient (Wildman–Crippen LogP) is 3.64. The number of nitrogens with one attached hydrogen (secondary N) is 2. The zero-order valence-corrected chi connectivity index (χ0v) is 17.1. The molecule has 1 fully saturated rings. The van der Waals surface area contributed by atoms with Crippen molar-refractivity contribution in [3.63, 3.8) is 0 Å². The van der Waals surface area contributed by atoms with Crippen LogP contribution in [0.3, 0.4) is 0 Å². The Morgan fingerprint density at radius 2 is 1.89 bits per heavy atom. The first-order valence-electron chi connectivity index (χ1n) is 9.68. The van der Waals surface area contributed by atoms with Gasteiger partial charge in [0.2, 0.25) is 0 Å². The molecule has 1 heterocycles. The molecule has 1 aliphatic heterocycles. The molecule has 2 rings (SSSR count). The van der Waals surface area contributed by atoms with E-state index in [4.69, 9.17) is 4.74 Å². The van der Waals surface area contributed by atoms with Crippen LogP contribution in [0.1, 0.15) is 47.5 Å². The van der Waals surface area contributed by atoms with Crippen LogP contribution >= 0.6 is 0 Å². The second-order valence-corrected chi connectivity index (χ2v) is 7.28. The molecule has 7 heteroatoms. The van der Waals surface area contributed by atoms with Gasteiger partial charge < -0.3 is 25.4 Å². The van der Waals surface area contributed by atoms with E-state index in [2.05, 4.69) is 10.6 Å². The summed E-state index contributed by atoms with van der Waals surface area (Å²) in [6, 6.07) is 4.60. The molecule has 3 N–H and O–H groups in total. The van der Waals surface area contributed by atoms with Crippen molar-refractivity contribution < 1.29 is 19.0 Å². The number of halogens is 1. The average Bonchev–Trinajstić information content (AvgIpc) is 2.60. The number of hydrogen-bond acceptors (Lipinski definition) is 5. The van der Waals surface area contributed by atoms with E-state index >= 15 is 0 Å². The summed E-state index contributed by atoms with van der Waals surface area (Å²) in [4.78, 5) is 13.5. The number of alkyl carbamates (subject to hydrolysis) is 1. The molecule has 0 saturated carbocycles. The number of hydrogen-bond donors (Lipinski definition) is 3. The minimum absolute atomic E-state index is 0.0599. The number of ether oxygens (including phenoxy) is 1. The highest BCUT2D eigenvalue weighted by Gasteiger charge is 2.21. The normalized spacial score (nSPS) is 15.0. The third kappa shape index (κ3) is 8.47. The lowest BCUT2D eigenvalue weighted by Gasteiger charge is -2.34. The highest BCUT2D eigenvalue weighted by atomic mass is 19.1. The van der Waals surface area contributed by atoms with Crippen LogP contribution in [0, 0.1) is 5.82 Å².